The zero-order valence-electron chi connectivity index (χ0n) is 15.5. The third kappa shape index (κ3) is 6.62. The molecule has 0 unspecified atom stereocenters. The number of rotatable bonds is 3. The Bertz CT molecular complexity index is 993. The van der Waals surface area contributed by atoms with Crippen LogP contribution in [-0.2, 0) is 16.0 Å². The molecule has 0 aliphatic rings. The second kappa shape index (κ2) is 10.6. The van der Waals surface area contributed by atoms with Gasteiger partial charge in [-0.05, 0) is 25.1 Å². The van der Waals surface area contributed by atoms with Gasteiger partial charge in [0.25, 0.3) is 0 Å². The van der Waals surface area contributed by atoms with E-state index in [1.54, 1.807) is 38.4 Å². The summed E-state index contributed by atoms with van der Waals surface area (Å²) < 4.78 is 52.8. The Kier molecular flexibility index (Phi) is 8.24. The van der Waals surface area contributed by atoms with Gasteiger partial charge in [-0.2, -0.15) is 0 Å². The molecule has 0 spiro atoms. The number of para-hydroxylation sites is 2. The predicted octanol–water partition coefficient (Wildman–Crippen LogP) is 6.06. The van der Waals surface area contributed by atoms with E-state index < -0.39 is 23.3 Å². The molecular weight excluding hydrogens is 426 g/mol. The van der Waals surface area contributed by atoms with Crippen LogP contribution < -0.4 is 0 Å². The number of halogens is 4. The number of nitrogens with zero attached hydrogens (tertiary/aromatic N) is 3. The summed E-state index contributed by atoms with van der Waals surface area (Å²) >= 11 is 3.43. The van der Waals surface area contributed by atoms with E-state index >= 15 is 0 Å². The van der Waals surface area contributed by atoms with Crippen LogP contribution in [0.3, 0.4) is 0 Å². The normalized spacial score (nSPS) is 11.7. The Labute approximate surface area is 174 Å². The fraction of sp³-hybridized carbons (Fsp3) is 0.0952. The molecule has 0 aliphatic carbocycles. The first-order chi connectivity index (χ1) is 13.8. The maximum absolute atomic E-state index is 13.4. The van der Waals surface area contributed by atoms with Crippen LogP contribution in [0.4, 0.5) is 28.9 Å². The van der Waals surface area contributed by atoms with Crippen molar-refractivity contribution >= 4 is 21.7 Å². The summed E-state index contributed by atoms with van der Waals surface area (Å²) in [7, 11) is 0. The van der Waals surface area contributed by atoms with E-state index in [-0.39, 0.29) is 11.4 Å². The Balaban J connectivity index is 0.000000221. The molecule has 0 N–H and O–H groups in total. The SMILES string of the molecule is CC(=Nc1c(F)cccc1F)c1cccnc1.C[C]([Fe])=Nc1c(F)cccc1F. The molecule has 0 amide bonds. The molecule has 0 saturated carbocycles. The van der Waals surface area contributed by atoms with Gasteiger partial charge in [0.1, 0.15) is 5.69 Å². The van der Waals surface area contributed by atoms with Crippen LogP contribution >= 0.6 is 0 Å². The van der Waals surface area contributed by atoms with E-state index in [0.717, 1.165) is 17.7 Å². The second-order valence-corrected chi connectivity index (χ2v) is 6.47. The molecule has 0 bridgehead atoms. The van der Waals surface area contributed by atoms with Crippen molar-refractivity contribution in [3.63, 3.8) is 0 Å². The van der Waals surface area contributed by atoms with Crippen molar-refractivity contribution in [2.45, 2.75) is 13.8 Å². The molecule has 1 aromatic heterocycles. The summed E-state index contributed by atoms with van der Waals surface area (Å²) in [6.45, 7) is 3.26. The molecule has 151 valence electrons. The Morgan fingerprint density at radius 2 is 1.24 bits per heavy atom. The first-order valence-corrected chi connectivity index (χ1v) is 8.88. The molecule has 0 atom stereocenters. The average molecular weight is 442 g/mol. The minimum atomic E-state index is -0.673. The van der Waals surface area contributed by atoms with Crippen molar-refractivity contribution in [3.05, 3.63) is 89.8 Å². The van der Waals surface area contributed by atoms with Crippen LogP contribution in [-0.4, -0.2) is 15.3 Å². The minimum absolute atomic E-state index is 0.270. The maximum atomic E-state index is 13.4. The van der Waals surface area contributed by atoms with Crippen molar-refractivity contribution < 1.29 is 33.6 Å². The van der Waals surface area contributed by atoms with Crippen molar-refractivity contribution in [2.24, 2.45) is 9.98 Å². The van der Waals surface area contributed by atoms with Gasteiger partial charge in [0.05, 0.1) is 0 Å². The molecule has 0 fully saturated rings. The van der Waals surface area contributed by atoms with E-state index in [1.807, 2.05) is 0 Å². The number of aliphatic imine (C=N–C) groups is 2. The van der Waals surface area contributed by atoms with Crippen LogP contribution in [0.25, 0.3) is 0 Å². The predicted molar refractivity (Wildman–Crippen MR) is 102 cm³/mol. The van der Waals surface area contributed by atoms with Crippen LogP contribution in [0.1, 0.15) is 19.4 Å². The van der Waals surface area contributed by atoms with Gasteiger partial charge in [-0.15, -0.1) is 0 Å². The molecular formula is C21H16F4FeN3. The molecule has 0 radical (unpaired) electrons. The van der Waals surface area contributed by atoms with Crippen LogP contribution in [0, 0.1) is 23.3 Å². The number of hydrogen-bond acceptors (Lipinski definition) is 3. The summed E-state index contributed by atoms with van der Waals surface area (Å²) in [4.78, 5) is 11.5. The molecule has 1 heterocycles. The third-order valence-corrected chi connectivity index (χ3v) is 3.62. The summed E-state index contributed by atoms with van der Waals surface area (Å²) in [5.74, 6) is -2.68. The summed E-state index contributed by atoms with van der Waals surface area (Å²) in [5.41, 5.74) is 0.705. The topological polar surface area (TPSA) is 37.6 Å². The van der Waals surface area contributed by atoms with Gasteiger partial charge in [0.15, 0.2) is 11.6 Å². The molecule has 2 aromatic carbocycles. The molecule has 8 heteroatoms. The van der Waals surface area contributed by atoms with E-state index in [9.17, 15) is 17.6 Å². The standard InChI is InChI=1S/C13H10F2N2.C8H6F2N.Fe/c1-9(10-4-3-7-16-8-10)17-13-11(14)5-2-6-12(13)15;1-2-11-8-6(9)4-3-5-7(8)10;/h2-8H,1H3;3-5H,1H3;. The molecule has 0 saturated heterocycles. The van der Waals surface area contributed by atoms with E-state index in [1.165, 1.54) is 24.3 Å². The summed E-state index contributed by atoms with van der Waals surface area (Å²) in [6, 6.07) is 10.8. The Morgan fingerprint density at radius 3 is 1.66 bits per heavy atom. The van der Waals surface area contributed by atoms with Crippen molar-refractivity contribution in [2.75, 3.05) is 0 Å². The molecule has 3 aromatic rings. The first-order valence-electron chi connectivity index (χ1n) is 8.33. The van der Waals surface area contributed by atoms with Crippen molar-refractivity contribution in [3.8, 4) is 0 Å². The third-order valence-electron chi connectivity index (χ3n) is 3.50. The quantitative estimate of drug-likeness (QED) is 0.276. The molecule has 3 rings (SSSR count). The number of aromatic nitrogens is 1. The number of benzene rings is 2. The van der Waals surface area contributed by atoms with Gasteiger partial charge in [-0.25, -0.2) is 13.8 Å². The van der Waals surface area contributed by atoms with E-state index in [4.69, 9.17) is 0 Å². The number of pyridine rings is 1. The van der Waals surface area contributed by atoms with Gasteiger partial charge in [-0.3, -0.25) is 4.98 Å². The van der Waals surface area contributed by atoms with Gasteiger partial charge < -0.3 is 0 Å². The van der Waals surface area contributed by atoms with Crippen LogP contribution in [0.2, 0.25) is 0 Å². The Morgan fingerprint density at radius 1 is 0.759 bits per heavy atom. The van der Waals surface area contributed by atoms with Crippen molar-refractivity contribution in [1.29, 1.82) is 0 Å². The van der Waals surface area contributed by atoms with Crippen molar-refractivity contribution in [1.82, 2.24) is 4.98 Å². The molecule has 29 heavy (non-hydrogen) atoms. The fourth-order valence-electron chi connectivity index (χ4n) is 2.15. The van der Waals surface area contributed by atoms with Gasteiger partial charge in [-0.1, -0.05) is 12.1 Å². The average Bonchev–Trinajstić information content (AvgIpc) is 2.69. The monoisotopic (exact) mass is 442 g/mol. The molecule has 0 aliphatic heterocycles. The van der Waals surface area contributed by atoms with E-state index in [2.05, 4.69) is 31.0 Å². The second-order valence-electron chi connectivity index (χ2n) is 5.67. The van der Waals surface area contributed by atoms with Crippen LogP contribution in [0.15, 0.2) is 70.9 Å². The zero-order chi connectivity index (χ0) is 21.4. The van der Waals surface area contributed by atoms with Gasteiger partial charge in [0, 0.05) is 23.7 Å². The Hall–Kier alpha value is -2.83. The fourth-order valence-corrected chi connectivity index (χ4v) is 2.28. The zero-order valence-corrected chi connectivity index (χ0v) is 16.6. The van der Waals surface area contributed by atoms with E-state index in [0.29, 0.717) is 10.3 Å². The van der Waals surface area contributed by atoms with Gasteiger partial charge >= 0.3 is 76.8 Å². The first kappa shape index (κ1) is 22.5. The summed E-state index contributed by atoms with van der Waals surface area (Å²) in [6.07, 6.45) is 3.22. The summed E-state index contributed by atoms with van der Waals surface area (Å²) in [5, 5.41) is 0. The molecule has 3 nitrogen and oxygen atoms in total. The van der Waals surface area contributed by atoms with Crippen LogP contribution in [0.5, 0.6) is 0 Å². The number of hydrogen-bond donors (Lipinski definition) is 0. The van der Waals surface area contributed by atoms with Gasteiger partial charge in [0.2, 0.25) is 0 Å².